The average molecular weight is 303 g/mol. The van der Waals surface area contributed by atoms with Crippen molar-refractivity contribution in [2.45, 2.75) is 19.8 Å². The number of aryl methyl sites for hydroxylation is 1. The summed E-state index contributed by atoms with van der Waals surface area (Å²) in [5.74, 6) is -0.985. The summed E-state index contributed by atoms with van der Waals surface area (Å²) in [5.41, 5.74) is 2.28. The van der Waals surface area contributed by atoms with Gasteiger partial charge in [0.15, 0.2) is 10.8 Å². The minimum atomic E-state index is -0.985. The van der Waals surface area contributed by atoms with E-state index in [1.54, 1.807) is 6.92 Å². The molecule has 1 saturated heterocycles. The third kappa shape index (κ3) is 3.00. The molecule has 1 aromatic carbocycles. The number of aromatic carboxylic acids is 1. The van der Waals surface area contributed by atoms with Crippen molar-refractivity contribution < 1.29 is 9.90 Å². The molecule has 0 unspecified atom stereocenters. The molecule has 5 nitrogen and oxygen atoms in total. The molecule has 2 aromatic rings. The van der Waals surface area contributed by atoms with Crippen LogP contribution in [0.25, 0.3) is 0 Å². The lowest BCUT2D eigenvalue weighted by molar-refractivity contribution is 0.0690. The number of rotatable bonds is 4. The zero-order chi connectivity index (χ0) is 14.8. The van der Waals surface area contributed by atoms with Crippen LogP contribution in [0.3, 0.4) is 0 Å². The molecule has 3 rings (SSSR count). The normalized spacial score (nSPS) is 14.4. The number of carboxylic acid groups (broad SMARTS) is 1. The van der Waals surface area contributed by atoms with Crippen LogP contribution in [0.2, 0.25) is 0 Å². The maximum Gasteiger partial charge on any atom is 0.355 e. The SMILES string of the molecule is Cc1sc(Nc2ccc(N3CCCC3)cc2)nc1C(=O)O. The highest BCUT2D eigenvalue weighted by Crippen LogP contribution is 2.27. The number of hydrogen-bond donors (Lipinski definition) is 2. The van der Waals surface area contributed by atoms with Gasteiger partial charge in [-0.1, -0.05) is 0 Å². The smallest absolute Gasteiger partial charge is 0.355 e. The molecule has 0 amide bonds. The number of anilines is 3. The minimum Gasteiger partial charge on any atom is -0.476 e. The van der Waals surface area contributed by atoms with Gasteiger partial charge in [-0.25, -0.2) is 9.78 Å². The molecule has 6 heteroatoms. The fourth-order valence-corrected chi connectivity index (χ4v) is 3.33. The molecule has 0 radical (unpaired) electrons. The van der Waals surface area contributed by atoms with E-state index in [4.69, 9.17) is 5.11 Å². The molecule has 0 atom stereocenters. The quantitative estimate of drug-likeness (QED) is 0.905. The Hall–Kier alpha value is -2.08. The van der Waals surface area contributed by atoms with Crippen molar-refractivity contribution in [3.8, 4) is 0 Å². The third-order valence-corrected chi connectivity index (χ3v) is 4.48. The summed E-state index contributed by atoms with van der Waals surface area (Å²) >= 11 is 1.35. The fourth-order valence-electron chi connectivity index (χ4n) is 2.50. The Kier molecular flexibility index (Phi) is 3.79. The summed E-state index contributed by atoms with van der Waals surface area (Å²) < 4.78 is 0. The van der Waals surface area contributed by atoms with E-state index in [-0.39, 0.29) is 5.69 Å². The van der Waals surface area contributed by atoms with E-state index in [2.05, 4.69) is 27.3 Å². The topological polar surface area (TPSA) is 65.5 Å². The van der Waals surface area contributed by atoms with Crippen LogP contribution >= 0.6 is 11.3 Å². The monoisotopic (exact) mass is 303 g/mol. The second kappa shape index (κ2) is 5.73. The van der Waals surface area contributed by atoms with E-state index in [0.29, 0.717) is 10.0 Å². The van der Waals surface area contributed by atoms with Crippen LogP contribution in [0, 0.1) is 6.92 Å². The zero-order valence-electron chi connectivity index (χ0n) is 11.8. The Balaban J connectivity index is 1.73. The zero-order valence-corrected chi connectivity index (χ0v) is 12.6. The second-order valence-corrected chi connectivity index (χ2v) is 6.30. The van der Waals surface area contributed by atoms with Crippen LogP contribution in [0.15, 0.2) is 24.3 Å². The molecule has 1 aromatic heterocycles. The molecule has 110 valence electrons. The molecule has 1 aliphatic heterocycles. The van der Waals surface area contributed by atoms with Crippen molar-refractivity contribution in [3.63, 3.8) is 0 Å². The van der Waals surface area contributed by atoms with Crippen LogP contribution in [-0.4, -0.2) is 29.1 Å². The third-order valence-electron chi connectivity index (χ3n) is 3.59. The summed E-state index contributed by atoms with van der Waals surface area (Å²) in [6.45, 7) is 4.02. The summed E-state index contributed by atoms with van der Waals surface area (Å²) in [5, 5.41) is 12.8. The molecule has 0 aliphatic carbocycles. The Labute approximate surface area is 127 Å². The van der Waals surface area contributed by atoms with Crippen molar-refractivity contribution in [2.24, 2.45) is 0 Å². The van der Waals surface area contributed by atoms with Gasteiger partial charge >= 0.3 is 5.97 Å². The Morgan fingerprint density at radius 3 is 2.52 bits per heavy atom. The molecule has 21 heavy (non-hydrogen) atoms. The summed E-state index contributed by atoms with van der Waals surface area (Å²) in [6, 6.07) is 8.19. The first kappa shape index (κ1) is 13.9. The van der Waals surface area contributed by atoms with E-state index >= 15 is 0 Å². The molecule has 1 aliphatic rings. The molecule has 0 bridgehead atoms. The maximum absolute atomic E-state index is 11.0. The van der Waals surface area contributed by atoms with Crippen LogP contribution in [0.4, 0.5) is 16.5 Å². The van der Waals surface area contributed by atoms with Gasteiger partial charge < -0.3 is 15.3 Å². The lowest BCUT2D eigenvalue weighted by atomic mass is 10.2. The number of aromatic nitrogens is 1. The van der Waals surface area contributed by atoms with E-state index in [0.717, 1.165) is 18.8 Å². The van der Waals surface area contributed by atoms with E-state index in [9.17, 15) is 4.79 Å². The van der Waals surface area contributed by atoms with Gasteiger partial charge in [0.2, 0.25) is 0 Å². The van der Waals surface area contributed by atoms with Crippen molar-refractivity contribution in [3.05, 3.63) is 34.8 Å². The van der Waals surface area contributed by atoms with Gasteiger partial charge in [-0.2, -0.15) is 0 Å². The van der Waals surface area contributed by atoms with Gasteiger partial charge in [0.05, 0.1) is 0 Å². The molecule has 1 fully saturated rings. The highest BCUT2D eigenvalue weighted by molar-refractivity contribution is 7.15. The molecule has 0 spiro atoms. The molecule has 2 heterocycles. The maximum atomic E-state index is 11.0. The van der Waals surface area contributed by atoms with Crippen molar-refractivity contribution in [2.75, 3.05) is 23.3 Å². The minimum absolute atomic E-state index is 0.121. The van der Waals surface area contributed by atoms with E-state index < -0.39 is 5.97 Å². The number of thiazole rings is 1. The van der Waals surface area contributed by atoms with Gasteiger partial charge in [0, 0.05) is 29.3 Å². The standard InChI is InChI=1S/C15H17N3O2S/c1-10-13(14(19)20)17-15(21-10)16-11-4-6-12(7-5-11)18-8-2-3-9-18/h4-7H,2-3,8-9H2,1H3,(H,16,17)(H,19,20). The fraction of sp³-hybridized carbons (Fsp3) is 0.333. The highest BCUT2D eigenvalue weighted by atomic mass is 32.1. The number of carbonyl (C=O) groups is 1. The van der Waals surface area contributed by atoms with Crippen LogP contribution in [0.1, 0.15) is 28.2 Å². The Morgan fingerprint density at radius 2 is 1.95 bits per heavy atom. The molecule has 2 N–H and O–H groups in total. The van der Waals surface area contributed by atoms with Crippen molar-refractivity contribution >= 4 is 33.8 Å². The van der Waals surface area contributed by atoms with Gasteiger partial charge in [-0.15, -0.1) is 11.3 Å². The number of benzene rings is 1. The van der Waals surface area contributed by atoms with Gasteiger partial charge in [0.1, 0.15) is 0 Å². The molecular weight excluding hydrogens is 286 g/mol. The predicted octanol–water partition coefficient (Wildman–Crippen LogP) is 3.49. The number of hydrogen-bond acceptors (Lipinski definition) is 5. The lowest BCUT2D eigenvalue weighted by Gasteiger charge is -2.17. The number of nitrogens with zero attached hydrogens (tertiary/aromatic N) is 2. The highest BCUT2D eigenvalue weighted by Gasteiger charge is 2.15. The molecular formula is C15H17N3O2S. The first-order valence-corrected chi connectivity index (χ1v) is 7.78. The molecule has 0 saturated carbocycles. The summed E-state index contributed by atoms with van der Waals surface area (Å²) in [7, 11) is 0. The predicted molar refractivity (Wildman–Crippen MR) is 85.0 cm³/mol. The first-order chi connectivity index (χ1) is 10.1. The Morgan fingerprint density at radius 1 is 1.29 bits per heavy atom. The largest absolute Gasteiger partial charge is 0.476 e. The average Bonchev–Trinajstić information content (AvgIpc) is 3.09. The summed E-state index contributed by atoms with van der Waals surface area (Å²) in [4.78, 5) is 18.2. The van der Waals surface area contributed by atoms with Crippen molar-refractivity contribution in [1.29, 1.82) is 0 Å². The van der Waals surface area contributed by atoms with Crippen LogP contribution in [0.5, 0.6) is 0 Å². The number of nitrogens with one attached hydrogen (secondary N) is 1. The first-order valence-electron chi connectivity index (χ1n) is 6.96. The lowest BCUT2D eigenvalue weighted by Crippen LogP contribution is -2.17. The van der Waals surface area contributed by atoms with Crippen molar-refractivity contribution in [1.82, 2.24) is 4.98 Å². The Bertz CT molecular complexity index is 645. The van der Waals surface area contributed by atoms with E-state index in [1.807, 2.05) is 12.1 Å². The summed E-state index contributed by atoms with van der Waals surface area (Å²) in [6.07, 6.45) is 2.52. The van der Waals surface area contributed by atoms with Crippen LogP contribution in [-0.2, 0) is 0 Å². The van der Waals surface area contributed by atoms with Crippen LogP contribution < -0.4 is 10.2 Å². The second-order valence-electron chi connectivity index (χ2n) is 5.09. The van der Waals surface area contributed by atoms with Gasteiger partial charge in [-0.3, -0.25) is 0 Å². The number of carboxylic acids is 1. The van der Waals surface area contributed by atoms with Gasteiger partial charge in [0.25, 0.3) is 0 Å². The van der Waals surface area contributed by atoms with Gasteiger partial charge in [-0.05, 0) is 44.0 Å². The van der Waals surface area contributed by atoms with E-state index in [1.165, 1.54) is 29.9 Å².